The minimum absolute atomic E-state index is 0.348. The Hall–Kier alpha value is -0.0800. The zero-order chi connectivity index (χ0) is 9.03. The summed E-state index contributed by atoms with van der Waals surface area (Å²) >= 11 is 0. The molecule has 0 unspecified atom stereocenters. The molecule has 2 rings (SSSR count). The van der Waals surface area contributed by atoms with Crippen LogP contribution in [0.1, 0.15) is 33.1 Å². The van der Waals surface area contributed by atoms with E-state index in [0.717, 1.165) is 6.54 Å². The molecule has 2 aliphatic rings. The van der Waals surface area contributed by atoms with Crippen molar-refractivity contribution >= 4 is 0 Å². The van der Waals surface area contributed by atoms with Crippen molar-refractivity contribution in [2.45, 2.75) is 33.1 Å². The predicted octanol–water partition coefficient (Wildman–Crippen LogP) is 1.49. The Morgan fingerprint density at radius 3 is 2.08 bits per heavy atom. The van der Waals surface area contributed by atoms with Crippen molar-refractivity contribution in [3.8, 4) is 0 Å². The second kappa shape index (κ2) is 4.24. The van der Waals surface area contributed by atoms with E-state index in [1.54, 1.807) is 0 Å². The number of aliphatic hydroxyl groups excluding tert-OH is 1. The molecule has 1 aliphatic heterocycles. The molecule has 1 saturated carbocycles. The van der Waals surface area contributed by atoms with Gasteiger partial charge in [-0.15, -0.1) is 0 Å². The molecule has 72 valence electrons. The van der Waals surface area contributed by atoms with E-state index < -0.39 is 0 Å². The van der Waals surface area contributed by atoms with Crippen molar-refractivity contribution in [2.75, 3.05) is 26.2 Å². The van der Waals surface area contributed by atoms with Crippen molar-refractivity contribution in [1.82, 2.24) is 4.90 Å². The van der Waals surface area contributed by atoms with E-state index in [1.807, 2.05) is 13.8 Å². The highest BCUT2D eigenvalue weighted by molar-refractivity contribution is 4.96. The first-order chi connectivity index (χ1) is 5.85. The van der Waals surface area contributed by atoms with Crippen LogP contribution >= 0.6 is 0 Å². The van der Waals surface area contributed by atoms with Gasteiger partial charge in [-0.2, -0.15) is 0 Å². The van der Waals surface area contributed by atoms with Crippen LogP contribution in [-0.4, -0.2) is 36.2 Å². The van der Waals surface area contributed by atoms with Gasteiger partial charge in [0.25, 0.3) is 0 Å². The van der Waals surface area contributed by atoms with Gasteiger partial charge in [-0.3, -0.25) is 0 Å². The molecule has 0 atom stereocenters. The van der Waals surface area contributed by atoms with Crippen LogP contribution in [0, 0.1) is 5.41 Å². The smallest absolute Gasteiger partial charge is 0.0499 e. The standard InChI is InChI=1S/C8H15NO.C2H6/c10-7-8(2-3-8)6-9-4-1-5-9;1-2/h10H,1-7H2;1-2H3. The molecule has 2 heteroatoms. The summed E-state index contributed by atoms with van der Waals surface area (Å²) < 4.78 is 0. The van der Waals surface area contributed by atoms with Crippen LogP contribution in [0.3, 0.4) is 0 Å². The van der Waals surface area contributed by atoms with Gasteiger partial charge in [0.05, 0.1) is 0 Å². The summed E-state index contributed by atoms with van der Waals surface area (Å²) in [6.07, 6.45) is 3.86. The summed E-state index contributed by atoms with van der Waals surface area (Å²) in [6.45, 7) is 8.09. The van der Waals surface area contributed by atoms with Gasteiger partial charge in [-0.1, -0.05) is 13.8 Å². The maximum atomic E-state index is 9.00. The summed E-state index contributed by atoms with van der Waals surface area (Å²) in [6, 6.07) is 0. The highest BCUT2D eigenvalue weighted by Gasteiger charge is 2.43. The van der Waals surface area contributed by atoms with Crippen LogP contribution in [0.5, 0.6) is 0 Å². The van der Waals surface area contributed by atoms with Gasteiger partial charge in [0, 0.05) is 18.6 Å². The zero-order valence-electron chi connectivity index (χ0n) is 8.34. The molecular formula is C10H21NO. The molecule has 1 heterocycles. The lowest BCUT2D eigenvalue weighted by atomic mass is 10.1. The second-order valence-electron chi connectivity index (χ2n) is 3.79. The summed E-state index contributed by atoms with van der Waals surface area (Å²) in [7, 11) is 0. The fourth-order valence-electron chi connectivity index (χ4n) is 1.56. The first kappa shape index (κ1) is 10.0. The molecule has 0 radical (unpaired) electrons. The van der Waals surface area contributed by atoms with E-state index in [-0.39, 0.29) is 0 Å². The first-order valence-corrected chi connectivity index (χ1v) is 5.18. The average Bonchev–Trinajstić information content (AvgIpc) is 2.82. The molecule has 12 heavy (non-hydrogen) atoms. The van der Waals surface area contributed by atoms with Crippen LogP contribution < -0.4 is 0 Å². The highest BCUT2D eigenvalue weighted by Crippen LogP contribution is 2.46. The van der Waals surface area contributed by atoms with Gasteiger partial charge in [0.2, 0.25) is 0 Å². The zero-order valence-corrected chi connectivity index (χ0v) is 8.34. The monoisotopic (exact) mass is 171 g/mol. The Kier molecular flexibility index (Phi) is 3.53. The van der Waals surface area contributed by atoms with Crippen molar-refractivity contribution in [3.63, 3.8) is 0 Å². The fraction of sp³-hybridized carbons (Fsp3) is 1.00. The Balaban J connectivity index is 0.000000336. The number of hydrogen-bond acceptors (Lipinski definition) is 2. The van der Waals surface area contributed by atoms with E-state index >= 15 is 0 Å². The van der Waals surface area contributed by atoms with Crippen molar-refractivity contribution < 1.29 is 5.11 Å². The van der Waals surface area contributed by atoms with Gasteiger partial charge >= 0.3 is 0 Å². The molecule has 0 spiro atoms. The maximum absolute atomic E-state index is 9.00. The third-order valence-electron chi connectivity index (χ3n) is 2.80. The van der Waals surface area contributed by atoms with Gasteiger partial charge < -0.3 is 10.0 Å². The van der Waals surface area contributed by atoms with E-state index in [4.69, 9.17) is 5.11 Å². The normalized spacial score (nSPS) is 25.2. The van der Waals surface area contributed by atoms with E-state index in [2.05, 4.69) is 4.90 Å². The Bertz CT molecular complexity index is 128. The van der Waals surface area contributed by atoms with E-state index in [0.29, 0.717) is 12.0 Å². The Morgan fingerprint density at radius 1 is 1.25 bits per heavy atom. The summed E-state index contributed by atoms with van der Waals surface area (Å²) in [5.74, 6) is 0. The van der Waals surface area contributed by atoms with Gasteiger partial charge in [0.1, 0.15) is 0 Å². The van der Waals surface area contributed by atoms with Gasteiger partial charge in [0.15, 0.2) is 0 Å². The average molecular weight is 171 g/mol. The third kappa shape index (κ3) is 2.20. The van der Waals surface area contributed by atoms with Crippen LogP contribution in [0.15, 0.2) is 0 Å². The van der Waals surface area contributed by atoms with Crippen molar-refractivity contribution in [1.29, 1.82) is 0 Å². The van der Waals surface area contributed by atoms with Crippen LogP contribution in [-0.2, 0) is 0 Å². The number of aliphatic hydroxyl groups is 1. The molecule has 0 amide bonds. The lowest BCUT2D eigenvalue weighted by Gasteiger charge is -2.33. The second-order valence-corrected chi connectivity index (χ2v) is 3.79. The van der Waals surface area contributed by atoms with Crippen LogP contribution in [0.2, 0.25) is 0 Å². The van der Waals surface area contributed by atoms with Crippen molar-refractivity contribution in [3.05, 3.63) is 0 Å². The Morgan fingerprint density at radius 2 is 1.83 bits per heavy atom. The topological polar surface area (TPSA) is 23.5 Å². The number of likely N-dealkylation sites (tertiary alicyclic amines) is 1. The molecule has 1 saturated heterocycles. The quantitative estimate of drug-likeness (QED) is 0.695. The number of nitrogens with zero attached hydrogens (tertiary/aromatic N) is 1. The lowest BCUT2D eigenvalue weighted by molar-refractivity contribution is 0.107. The summed E-state index contributed by atoms with van der Waals surface area (Å²) in [5.41, 5.74) is 0.348. The fourth-order valence-corrected chi connectivity index (χ4v) is 1.56. The molecule has 0 aromatic carbocycles. The molecule has 0 bridgehead atoms. The minimum atomic E-state index is 0.348. The maximum Gasteiger partial charge on any atom is 0.0499 e. The van der Waals surface area contributed by atoms with Gasteiger partial charge in [-0.25, -0.2) is 0 Å². The predicted molar refractivity (Wildman–Crippen MR) is 51.2 cm³/mol. The van der Waals surface area contributed by atoms with Gasteiger partial charge in [-0.05, 0) is 32.4 Å². The summed E-state index contributed by atoms with van der Waals surface area (Å²) in [4.78, 5) is 2.45. The molecule has 2 nitrogen and oxygen atoms in total. The molecule has 0 aromatic rings. The molecule has 1 aliphatic carbocycles. The SMILES string of the molecule is CC.OCC1(CN2CCC2)CC1. The third-order valence-corrected chi connectivity index (χ3v) is 2.80. The molecule has 2 fully saturated rings. The van der Waals surface area contributed by atoms with Crippen LogP contribution in [0.4, 0.5) is 0 Å². The lowest BCUT2D eigenvalue weighted by Crippen LogP contribution is -2.41. The van der Waals surface area contributed by atoms with Crippen molar-refractivity contribution in [2.24, 2.45) is 5.41 Å². The molecule has 1 N–H and O–H groups in total. The Labute approximate surface area is 75.6 Å². The van der Waals surface area contributed by atoms with Crippen LogP contribution in [0.25, 0.3) is 0 Å². The largest absolute Gasteiger partial charge is 0.396 e. The molecular weight excluding hydrogens is 150 g/mol. The summed E-state index contributed by atoms with van der Waals surface area (Å²) in [5, 5.41) is 9.00. The highest BCUT2D eigenvalue weighted by atomic mass is 16.3. The number of rotatable bonds is 3. The minimum Gasteiger partial charge on any atom is -0.396 e. The van der Waals surface area contributed by atoms with E-state index in [1.165, 1.54) is 32.4 Å². The number of hydrogen-bond donors (Lipinski definition) is 1. The molecule has 0 aromatic heterocycles. The first-order valence-electron chi connectivity index (χ1n) is 5.18. The van der Waals surface area contributed by atoms with E-state index in [9.17, 15) is 0 Å².